The summed E-state index contributed by atoms with van der Waals surface area (Å²) >= 11 is 0. The number of nitrogens with zero attached hydrogens (tertiary/aromatic N) is 1. The number of carbonyl (C=O) groups is 1. The highest BCUT2D eigenvalue weighted by Gasteiger charge is 2.43. The number of hydrogen-bond acceptors (Lipinski definition) is 3. The lowest BCUT2D eigenvalue weighted by Gasteiger charge is -2.23. The zero-order chi connectivity index (χ0) is 14.9. The Kier molecular flexibility index (Phi) is 4.04. The Morgan fingerprint density at radius 2 is 1.95 bits per heavy atom. The van der Waals surface area contributed by atoms with Crippen molar-refractivity contribution in [3.8, 4) is 5.75 Å². The Morgan fingerprint density at radius 3 is 2.40 bits per heavy atom. The molecular weight excluding hydrogens is 254 g/mol. The van der Waals surface area contributed by atoms with Crippen LogP contribution in [-0.4, -0.2) is 34.2 Å². The molecule has 110 valence electrons. The Labute approximate surface area is 120 Å². The standard InChI is InChI=1S/C16H23NO3/c1-4-16(15(19)20)5-6-17(10-16)9-13-7-11(2)14(18)12(3)8-13/h7-8,18H,4-6,9-10H2,1-3H3,(H,19,20). The van der Waals surface area contributed by atoms with Crippen LogP contribution in [0, 0.1) is 19.3 Å². The van der Waals surface area contributed by atoms with Gasteiger partial charge in [-0.2, -0.15) is 0 Å². The summed E-state index contributed by atoms with van der Waals surface area (Å²) in [6.45, 7) is 7.91. The molecule has 0 aromatic heterocycles. The van der Waals surface area contributed by atoms with E-state index in [0.717, 1.165) is 36.2 Å². The van der Waals surface area contributed by atoms with Crippen molar-refractivity contribution >= 4 is 5.97 Å². The van der Waals surface area contributed by atoms with Crippen molar-refractivity contribution in [3.05, 3.63) is 28.8 Å². The van der Waals surface area contributed by atoms with Crippen LogP contribution < -0.4 is 0 Å². The summed E-state index contributed by atoms with van der Waals surface area (Å²) in [4.78, 5) is 13.6. The van der Waals surface area contributed by atoms with Crippen molar-refractivity contribution in [3.63, 3.8) is 0 Å². The van der Waals surface area contributed by atoms with Gasteiger partial charge in [0.15, 0.2) is 0 Å². The molecule has 2 N–H and O–H groups in total. The number of carboxylic acid groups (broad SMARTS) is 1. The number of aromatic hydroxyl groups is 1. The average molecular weight is 277 g/mol. The van der Waals surface area contributed by atoms with Gasteiger partial charge in [0.1, 0.15) is 5.75 Å². The zero-order valence-corrected chi connectivity index (χ0v) is 12.4. The normalized spacial score (nSPS) is 23.1. The smallest absolute Gasteiger partial charge is 0.310 e. The minimum Gasteiger partial charge on any atom is -0.507 e. The molecule has 0 radical (unpaired) electrons. The Hall–Kier alpha value is -1.55. The number of likely N-dealkylation sites (tertiary alicyclic amines) is 1. The molecule has 20 heavy (non-hydrogen) atoms. The molecule has 1 aromatic rings. The molecule has 0 amide bonds. The molecule has 0 aliphatic carbocycles. The zero-order valence-electron chi connectivity index (χ0n) is 12.4. The van der Waals surface area contributed by atoms with Crippen LogP contribution in [0.5, 0.6) is 5.75 Å². The number of aliphatic carboxylic acids is 1. The lowest BCUT2D eigenvalue weighted by atomic mass is 9.84. The topological polar surface area (TPSA) is 60.8 Å². The van der Waals surface area contributed by atoms with E-state index >= 15 is 0 Å². The van der Waals surface area contributed by atoms with E-state index in [0.29, 0.717) is 18.7 Å². The molecule has 0 saturated carbocycles. The molecule has 0 bridgehead atoms. The van der Waals surface area contributed by atoms with Crippen LogP contribution in [0.2, 0.25) is 0 Å². The Morgan fingerprint density at radius 1 is 1.35 bits per heavy atom. The van der Waals surface area contributed by atoms with E-state index in [-0.39, 0.29) is 0 Å². The van der Waals surface area contributed by atoms with Crippen molar-refractivity contribution in [1.29, 1.82) is 0 Å². The lowest BCUT2D eigenvalue weighted by Crippen LogP contribution is -2.33. The molecule has 0 spiro atoms. The van der Waals surface area contributed by atoms with Gasteiger partial charge in [-0.15, -0.1) is 0 Å². The molecule has 1 fully saturated rings. The third-order valence-electron chi connectivity index (χ3n) is 4.52. The first-order chi connectivity index (χ1) is 9.38. The van der Waals surface area contributed by atoms with Gasteiger partial charge in [-0.05, 0) is 49.9 Å². The maximum atomic E-state index is 11.4. The number of phenols is 1. The molecule has 1 aliphatic rings. The van der Waals surface area contributed by atoms with Gasteiger partial charge in [0.05, 0.1) is 5.41 Å². The maximum absolute atomic E-state index is 11.4. The third-order valence-corrected chi connectivity index (χ3v) is 4.52. The summed E-state index contributed by atoms with van der Waals surface area (Å²) < 4.78 is 0. The predicted octanol–water partition coefficient (Wildman–Crippen LogP) is 2.70. The van der Waals surface area contributed by atoms with Gasteiger partial charge in [0.2, 0.25) is 0 Å². The van der Waals surface area contributed by atoms with Gasteiger partial charge in [-0.3, -0.25) is 9.69 Å². The van der Waals surface area contributed by atoms with Crippen molar-refractivity contribution < 1.29 is 15.0 Å². The molecule has 2 rings (SSSR count). The van der Waals surface area contributed by atoms with E-state index in [1.165, 1.54) is 0 Å². The number of aryl methyl sites for hydroxylation is 2. The first kappa shape index (κ1) is 14.9. The molecular formula is C16H23NO3. The van der Waals surface area contributed by atoms with Crippen molar-refractivity contribution in [2.24, 2.45) is 5.41 Å². The second-order valence-electron chi connectivity index (χ2n) is 5.98. The van der Waals surface area contributed by atoms with Crippen LogP contribution in [-0.2, 0) is 11.3 Å². The lowest BCUT2D eigenvalue weighted by molar-refractivity contribution is -0.148. The van der Waals surface area contributed by atoms with Crippen molar-refractivity contribution in [2.45, 2.75) is 40.2 Å². The van der Waals surface area contributed by atoms with E-state index in [2.05, 4.69) is 4.90 Å². The highest BCUT2D eigenvalue weighted by molar-refractivity contribution is 5.75. The fraction of sp³-hybridized carbons (Fsp3) is 0.562. The van der Waals surface area contributed by atoms with E-state index in [9.17, 15) is 15.0 Å². The fourth-order valence-electron chi connectivity index (χ4n) is 3.10. The van der Waals surface area contributed by atoms with Gasteiger partial charge >= 0.3 is 5.97 Å². The van der Waals surface area contributed by atoms with E-state index in [4.69, 9.17) is 0 Å². The molecule has 4 heteroatoms. The molecule has 1 atom stereocenters. The Bertz CT molecular complexity index is 503. The van der Waals surface area contributed by atoms with Crippen LogP contribution in [0.1, 0.15) is 36.5 Å². The monoisotopic (exact) mass is 277 g/mol. The largest absolute Gasteiger partial charge is 0.507 e. The quantitative estimate of drug-likeness (QED) is 0.888. The average Bonchev–Trinajstić information content (AvgIpc) is 2.80. The van der Waals surface area contributed by atoms with Crippen molar-refractivity contribution in [1.82, 2.24) is 4.90 Å². The minimum atomic E-state index is -0.680. The van der Waals surface area contributed by atoms with Crippen LogP contribution in [0.4, 0.5) is 0 Å². The number of hydrogen-bond donors (Lipinski definition) is 2. The van der Waals surface area contributed by atoms with Crippen LogP contribution in [0.25, 0.3) is 0 Å². The van der Waals surface area contributed by atoms with E-state index in [1.54, 1.807) is 0 Å². The summed E-state index contributed by atoms with van der Waals surface area (Å²) in [5, 5.41) is 19.2. The van der Waals surface area contributed by atoms with Crippen LogP contribution in [0.3, 0.4) is 0 Å². The van der Waals surface area contributed by atoms with Crippen LogP contribution in [0.15, 0.2) is 12.1 Å². The number of benzene rings is 1. The minimum absolute atomic E-state index is 0.351. The Balaban J connectivity index is 2.11. The third kappa shape index (κ3) is 2.66. The fourth-order valence-corrected chi connectivity index (χ4v) is 3.10. The number of rotatable bonds is 4. The first-order valence-corrected chi connectivity index (χ1v) is 7.13. The van der Waals surface area contributed by atoms with Gasteiger partial charge in [0.25, 0.3) is 0 Å². The summed E-state index contributed by atoms with van der Waals surface area (Å²) in [6, 6.07) is 3.96. The summed E-state index contributed by atoms with van der Waals surface area (Å²) in [7, 11) is 0. The second kappa shape index (κ2) is 5.44. The molecule has 1 unspecified atom stereocenters. The first-order valence-electron chi connectivity index (χ1n) is 7.13. The molecule has 1 saturated heterocycles. The highest BCUT2D eigenvalue weighted by atomic mass is 16.4. The summed E-state index contributed by atoms with van der Waals surface area (Å²) in [5.41, 5.74) is 2.30. The molecule has 1 heterocycles. The SMILES string of the molecule is CCC1(C(=O)O)CCN(Cc2cc(C)c(O)c(C)c2)C1. The highest BCUT2D eigenvalue weighted by Crippen LogP contribution is 2.35. The molecule has 1 aliphatic heterocycles. The maximum Gasteiger partial charge on any atom is 0.310 e. The van der Waals surface area contributed by atoms with E-state index < -0.39 is 11.4 Å². The van der Waals surface area contributed by atoms with Crippen LogP contribution >= 0.6 is 0 Å². The second-order valence-corrected chi connectivity index (χ2v) is 5.98. The summed E-state index contributed by atoms with van der Waals surface area (Å²) in [6.07, 6.45) is 1.39. The number of phenolic OH excluding ortho intramolecular Hbond substituents is 1. The predicted molar refractivity (Wildman–Crippen MR) is 77.8 cm³/mol. The summed E-state index contributed by atoms with van der Waals surface area (Å²) in [5.74, 6) is -0.329. The van der Waals surface area contributed by atoms with Gasteiger partial charge < -0.3 is 10.2 Å². The van der Waals surface area contributed by atoms with Crippen molar-refractivity contribution in [2.75, 3.05) is 13.1 Å². The van der Waals surface area contributed by atoms with E-state index in [1.807, 2.05) is 32.9 Å². The van der Waals surface area contributed by atoms with Gasteiger partial charge in [-0.25, -0.2) is 0 Å². The van der Waals surface area contributed by atoms with Gasteiger partial charge in [0, 0.05) is 13.1 Å². The molecule has 4 nitrogen and oxygen atoms in total. The van der Waals surface area contributed by atoms with Gasteiger partial charge in [-0.1, -0.05) is 19.1 Å². The molecule has 1 aromatic carbocycles. The number of carboxylic acids is 1.